The molecule has 0 saturated carbocycles. The second-order valence-corrected chi connectivity index (χ2v) is 72.5. The van der Waals surface area contributed by atoms with Crippen LogP contribution in [0.2, 0.25) is 0 Å². The number of hydrogen-bond donors (Lipinski definition) is 0. The van der Waals surface area contributed by atoms with E-state index >= 15 is 0 Å². The number of hydrogen-bond acceptors (Lipinski definition) is 2. The third-order valence-corrected chi connectivity index (χ3v) is 68.3. The van der Waals surface area contributed by atoms with Crippen LogP contribution in [0.25, 0.3) is 110 Å². The summed E-state index contributed by atoms with van der Waals surface area (Å²) in [6, 6.07) is 104. The quantitative estimate of drug-likeness (QED) is 0.125. The fourth-order valence-corrected chi connectivity index (χ4v) is 63.1. The van der Waals surface area contributed by atoms with E-state index in [1.165, 1.54) is 182 Å². The van der Waals surface area contributed by atoms with E-state index < -0.39 is 12.8 Å². The van der Waals surface area contributed by atoms with Gasteiger partial charge in [0.25, 0.3) is 0 Å². The van der Waals surface area contributed by atoms with Gasteiger partial charge in [-0.15, -0.1) is 0 Å². The van der Waals surface area contributed by atoms with E-state index in [1.54, 1.807) is 104 Å². The molecule has 0 spiro atoms. The molecule has 20 aliphatic rings. The second-order valence-electron chi connectivity index (χ2n) is 55.3. The number of para-hydroxylation sites is 4. The van der Waals surface area contributed by atoms with Gasteiger partial charge in [0.15, 0.2) is 0 Å². The molecule has 694 valence electrons. The third-order valence-electron chi connectivity index (χ3n) is 45.7. The van der Waals surface area contributed by atoms with Crippen molar-refractivity contribution in [3.8, 4) is 22.7 Å². The standard InChI is InChI=1S/2C31H26BN.2C30H27B7N2P2/c1-17-13-15-21-27-25(17)31(4,5)20-10-8-12-24-26(20)32(27)28-22(30(21,2)3)16-14-19-18-9-6-7-11-23(18)33(24)29(19)28;1-17-15-22-26-23(16-17)31(4,5)21-14-13-19-18-9-6-7-11-24(18)33-25-12-8-10-20(30(22,2)3)27(25)32(26)28(21)29(19)33;1-29(2)18-10-7-11-19-25(18)34-26-20(29)12-8-14-22(26)39-21-13-6-5-9-16(21)17-15-23(24(30(19,3)4)27(34)28(17)39)41(32-35(41)33-41)38-40-36-31-37(36)40;1-29(2)18-9-7-11-22-25(18)34-26-19(29)14-15-23(41(32-35(41)33-41)38-40-36-31-37(36)40)24(26)30(3,4)20-13-12-17-16-8-5-6-10-21(16)39(22)28(17)27(20)34/h2*6-16H,1-5H3;2*5-15H,31-32H2,1-4H3/q;;2*-1. The second kappa shape index (κ2) is 25.2. The van der Waals surface area contributed by atoms with Crippen LogP contribution in [0.15, 0.2) is 276 Å². The molecule has 0 amide bonds. The molecule has 24 heterocycles. The molecule has 0 atom stereocenters. The number of nitrogens with zero attached hydrogens (tertiary/aromatic N) is 6. The predicted molar refractivity (Wildman–Crippen MR) is 666 cm³/mol. The zero-order valence-electron chi connectivity index (χ0n) is 88.8. The molecular weight excluding hydrogens is 1850 g/mol. The molecule has 0 N–H and O–H groups in total. The summed E-state index contributed by atoms with van der Waals surface area (Å²) >= 11 is 0. The van der Waals surface area contributed by atoms with Crippen LogP contribution in [0.3, 0.4) is 0 Å². The van der Waals surface area contributed by atoms with Crippen LogP contribution >= 0.6 is 27.7 Å². The fraction of sp³-hybridized carbons (Fsp3) is 0.213. The molecule has 40 rings (SSSR count). The Bertz CT molecular complexity index is 10300. The Hall–Kier alpha value is -11.2. The van der Waals surface area contributed by atoms with Crippen molar-refractivity contribution in [3.05, 3.63) is 367 Å². The Labute approximate surface area is 874 Å². The maximum Gasteiger partial charge on any atom is 0.248 e. The van der Waals surface area contributed by atoms with Gasteiger partial charge in [0.1, 0.15) is 0 Å². The van der Waals surface area contributed by atoms with Gasteiger partial charge in [0.05, 0.1) is 11.0 Å². The molecule has 20 aromatic rings. The summed E-state index contributed by atoms with van der Waals surface area (Å²) in [5.41, 5.74) is 63.1. The van der Waals surface area contributed by atoms with E-state index in [-0.39, 0.29) is 72.0 Å². The van der Waals surface area contributed by atoms with E-state index in [0.717, 1.165) is 37.3 Å². The van der Waals surface area contributed by atoms with Gasteiger partial charge in [-0.1, -0.05) is 181 Å². The van der Waals surface area contributed by atoms with Gasteiger partial charge in [-0.3, -0.25) is 0 Å². The number of fused-ring (bicyclic) bond motifs is 20. The predicted octanol–water partition coefficient (Wildman–Crippen LogP) is 15.6. The SMILES string of the molecule is CC1(C)c2cccc3c2B2c4c1ccc(P15(N=[P+]6B7[BH2-]B76)[B]B1[BH2-]5)c4C(C)(C)c1ccc4c5ccccc5n-3c4c12.CC1(C)c2cccc3c2B2c4c1cccc4C(C)(C)c1c(P45(N=[P+]6B7[BH2-]B76)[B]B4[BH2-]5)cc4c5ccccc5n-3c4c12.Cc1cc2c3c(c1)C(C)(C)c1ccc4c5ccccc5n5c4c1B3c1c-5cccc1C2(C)C.Cc1ccc2c3c1C(C)(C)c1cccc4c1B3c1c(ccc3c5ccccc5n-4c13)C2(C)C. The van der Waals surface area contributed by atoms with Crippen LogP contribution in [0.1, 0.15) is 211 Å². The summed E-state index contributed by atoms with van der Waals surface area (Å²) < 4.78 is 22.7. The molecule has 0 bridgehead atoms. The summed E-state index contributed by atoms with van der Waals surface area (Å²) in [4.78, 5) is 0. The minimum atomic E-state index is -2.12. The summed E-state index contributed by atoms with van der Waals surface area (Å²) in [5, 5.41) is 14.8. The van der Waals surface area contributed by atoms with Gasteiger partial charge in [0.2, 0.25) is 13.4 Å². The molecule has 6 nitrogen and oxygen atoms in total. The Morgan fingerprint density at radius 1 is 0.250 bits per heavy atom. The minimum absolute atomic E-state index is 0.0163. The van der Waals surface area contributed by atoms with Gasteiger partial charge < -0.3 is 9.13 Å². The number of aromatic nitrogens is 4. The van der Waals surface area contributed by atoms with E-state index in [9.17, 15) is 0 Å². The van der Waals surface area contributed by atoms with Crippen molar-refractivity contribution in [2.75, 3.05) is 0 Å². The Kier molecular flexibility index (Phi) is 14.4. The topological polar surface area (TPSA) is 44.4 Å². The van der Waals surface area contributed by atoms with Crippen molar-refractivity contribution in [1.29, 1.82) is 0 Å². The summed E-state index contributed by atoms with van der Waals surface area (Å²) in [6.45, 7) is 51.3. The van der Waals surface area contributed by atoms with Crippen molar-refractivity contribution >= 4 is 297 Å². The zero-order chi connectivity index (χ0) is 98.9. The molecular formula is C122H106B16N6P4-2. The molecule has 4 aromatic heterocycles. The Morgan fingerprint density at radius 2 is 0.527 bits per heavy atom. The first-order valence-corrected chi connectivity index (χ1v) is 65.1. The van der Waals surface area contributed by atoms with Gasteiger partial charge in [-0.05, 0) is 110 Å². The molecule has 8 saturated heterocycles. The van der Waals surface area contributed by atoms with Gasteiger partial charge in [-0.25, -0.2) is 0 Å². The minimum Gasteiger partial charge on any atom is -0.310 e. The molecule has 26 heteroatoms. The van der Waals surface area contributed by atoms with Crippen LogP contribution in [-0.4, -0.2) is 124 Å². The van der Waals surface area contributed by atoms with Crippen molar-refractivity contribution in [1.82, 2.24) is 18.3 Å². The van der Waals surface area contributed by atoms with E-state index in [2.05, 4.69) is 424 Å². The van der Waals surface area contributed by atoms with E-state index in [0.29, 0.717) is 41.0 Å². The average molecular weight is 1950 g/mol. The van der Waals surface area contributed by atoms with E-state index in [4.69, 9.17) is 9.03 Å². The first-order chi connectivity index (χ1) is 71.2. The Morgan fingerprint density at radius 3 is 0.919 bits per heavy atom. The normalized spacial score (nSPS) is 21.3. The molecule has 20 aliphatic heterocycles. The van der Waals surface area contributed by atoms with Crippen molar-refractivity contribution < 1.29 is 0 Å². The zero-order valence-corrected chi connectivity index (χ0v) is 92.4. The van der Waals surface area contributed by atoms with Crippen LogP contribution in [0, 0.1) is 13.8 Å². The van der Waals surface area contributed by atoms with Gasteiger partial charge >= 0.3 is 492 Å². The summed E-state index contributed by atoms with van der Waals surface area (Å²) in [7, 11) is 0.948. The molecule has 148 heavy (non-hydrogen) atoms. The maximum absolute atomic E-state index is 6.12. The molecule has 16 aromatic carbocycles. The first-order valence-electron chi connectivity index (χ1n) is 56.7. The maximum atomic E-state index is 6.12. The Balaban J connectivity index is 0.0000000807. The fourth-order valence-electron chi connectivity index (χ4n) is 37.2. The van der Waals surface area contributed by atoms with Crippen molar-refractivity contribution in [2.45, 2.75) is 168 Å². The van der Waals surface area contributed by atoms with Crippen LogP contribution < -0.4 is 76.2 Å². The molecule has 2 radical (unpaired) electrons. The average Bonchev–Trinajstić information content (AvgIpc) is 1.42. The van der Waals surface area contributed by atoms with Crippen molar-refractivity contribution in [2.24, 2.45) is 9.03 Å². The van der Waals surface area contributed by atoms with Crippen molar-refractivity contribution in [3.63, 3.8) is 0 Å². The molecule has 8 fully saturated rings. The van der Waals surface area contributed by atoms with Crippen LogP contribution in [0.4, 0.5) is 0 Å². The molecule has 0 unspecified atom stereocenters. The summed E-state index contributed by atoms with van der Waals surface area (Å²) in [5.74, 6) is 0. The van der Waals surface area contributed by atoms with Gasteiger partial charge in [0, 0.05) is 65.6 Å². The van der Waals surface area contributed by atoms with Gasteiger partial charge in [-0.2, -0.15) is 0 Å². The number of benzene rings is 16. The third kappa shape index (κ3) is 9.07. The number of aryl methyl sites for hydroxylation is 2. The smallest absolute Gasteiger partial charge is 0.248 e. The molecule has 0 aliphatic carbocycles. The monoisotopic (exact) mass is 1950 g/mol. The largest absolute Gasteiger partial charge is 0.310 e. The van der Waals surface area contributed by atoms with E-state index in [1.807, 2.05) is 0 Å². The number of rotatable bonds is 4. The van der Waals surface area contributed by atoms with Crippen LogP contribution in [0.5, 0.6) is 0 Å². The van der Waals surface area contributed by atoms with Crippen LogP contribution in [-0.2, 0) is 43.3 Å². The first kappa shape index (κ1) is 84.5. The summed E-state index contributed by atoms with van der Waals surface area (Å²) in [6.07, 6.45) is 2.24.